The lowest BCUT2D eigenvalue weighted by atomic mass is 10.2. The molecule has 1 saturated heterocycles. The third kappa shape index (κ3) is 2.10. The third-order valence-corrected chi connectivity index (χ3v) is 2.48. The first-order valence-electron chi connectivity index (χ1n) is 5.45. The van der Waals surface area contributed by atoms with Crippen LogP contribution < -0.4 is 5.32 Å². The number of hydrogen-bond donors (Lipinski definition) is 1. The van der Waals surface area contributed by atoms with Crippen molar-refractivity contribution in [2.45, 2.75) is 13.0 Å². The van der Waals surface area contributed by atoms with Gasteiger partial charge in [-0.3, -0.25) is 14.9 Å². The van der Waals surface area contributed by atoms with Crippen LogP contribution >= 0.6 is 0 Å². The highest BCUT2D eigenvalue weighted by molar-refractivity contribution is 5.99. The fourth-order valence-corrected chi connectivity index (χ4v) is 1.71. The van der Waals surface area contributed by atoms with Gasteiger partial charge in [0.2, 0.25) is 0 Å². The lowest BCUT2D eigenvalue weighted by Gasteiger charge is -2.21. The number of rotatable bonds is 3. The molecule has 1 N–H and O–H groups in total. The molecule has 2 heterocycles. The molecule has 1 aliphatic heterocycles. The van der Waals surface area contributed by atoms with Gasteiger partial charge in [0, 0.05) is 6.20 Å². The van der Waals surface area contributed by atoms with Crippen molar-refractivity contribution in [3.63, 3.8) is 0 Å². The molecule has 1 aliphatic rings. The summed E-state index contributed by atoms with van der Waals surface area (Å²) >= 11 is 0. The van der Waals surface area contributed by atoms with E-state index >= 15 is 0 Å². The molecular formula is C12H13N3O3. The minimum Gasteiger partial charge on any atom is -0.350 e. The molecule has 0 bridgehead atoms. The first-order chi connectivity index (χ1) is 8.67. The summed E-state index contributed by atoms with van der Waals surface area (Å²) in [5, 5.41) is 2.22. The average Bonchev–Trinajstić information content (AvgIpc) is 2.73. The van der Waals surface area contributed by atoms with Gasteiger partial charge in [0.1, 0.15) is 6.61 Å². The number of amides is 2. The van der Waals surface area contributed by atoms with Gasteiger partial charge in [-0.15, -0.1) is 0 Å². The van der Waals surface area contributed by atoms with E-state index in [9.17, 15) is 9.59 Å². The monoisotopic (exact) mass is 247 g/mol. The van der Waals surface area contributed by atoms with E-state index in [1.54, 1.807) is 23.0 Å². The van der Waals surface area contributed by atoms with Crippen LogP contribution in [-0.4, -0.2) is 28.0 Å². The molecule has 6 nitrogen and oxygen atoms in total. The van der Waals surface area contributed by atoms with Crippen molar-refractivity contribution >= 4 is 24.1 Å². The van der Waals surface area contributed by atoms with Crippen LogP contribution in [0.15, 0.2) is 18.9 Å². The number of carbonyl (C=O) groups is 2. The second-order valence-corrected chi connectivity index (χ2v) is 3.70. The van der Waals surface area contributed by atoms with Gasteiger partial charge in [-0.1, -0.05) is 12.7 Å². The van der Waals surface area contributed by atoms with Gasteiger partial charge in [0.25, 0.3) is 11.8 Å². The van der Waals surface area contributed by atoms with E-state index in [0.29, 0.717) is 5.82 Å². The van der Waals surface area contributed by atoms with Crippen LogP contribution in [0.4, 0.5) is 0 Å². The summed E-state index contributed by atoms with van der Waals surface area (Å²) in [4.78, 5) is 26.9. The highest BCUT2D eigenvalue weighted by Gasteiger charge is 2.32. The Labute approximate surface area is 104 Å². The highest BCUT2D eigenvalue weighted by atomic mass is 16.5. The quantitative estimate of drug-likeness (QED) is 0.799. The fourth-order valence-electron chi connectivity index (χ4n) is 1.71. The van der Waals surface area contributed by atoms with Gasteiger partial charge in [-0.2, -0.15) is 0 Å². The third-order valence-electron chi connectivity index (χ3n) is 2.48. The van der Waals surface area contributed by atoms with Gasteiger partial charge in [0.05, 0.1) is 11.9 Å². The molecule has 6 heteroatoms. The molecule has 0 radical (unpaired) electrons. The van der Waals surface area contributed by atoms with Crippen LogP contribution in [0.2, 0.25) is 0 Å². The van der Waals surface area contributed by atoms with Gasteiger partial charge in [-0.05, 0) is 13.0 Å². The molecule has 0 aromatic carbocycles. The summed E-state index contributed by atoms with van der Waals surface area (Å²) in [7, 11) is 0. The minimum atomic E-state index is -0.882. The lowest BCUT2D eigenvalue weighted by molar-refractivity contribution is -0.150. The predicted octanol–water partition coefficient (Wildman–Crippen LogP) is 0.731. The van der Waals surface area contributed by atoms with Crippen molar-refractivity contribution in [1.29, 1.82) is 0 Å². The second kappa shape index (κ2) is 4.97. The van der Waals surface area contributed by atoms with E-state index in [1.165, 1.54) is 0 Å². The first kappa shape index (κ1) is 12.3. The average molecular weight is 247 g/mol. The van der Waals surface area contributed by atoms with E-state index in [-0.39, 0.29) is 6.61 Å². The number of nitrogens with one attached hydrogen (secondary N) is 1. The Balaban J connectivity index is 2.38. The Morgan fingerprint density at radius 2 is 2.39 bits per heavy atom. The first-order valence-corrected chi connectivity index (χ1v) is 5.45. The standard InChI is InChI=1S/C12H13N3O3/c1-3-5-15-8(4-2)6-13-11(15)10-12(17)14-9(16)7-18-10/h3-6,10H,2,7H2,1H3,(H,14,16,17)/b5-3-. The smallest absolute Gasteiger partial charge is 0.263 e. The Morgan fingerprint density at radius 1 is 1.61 bits per heavy atom. The largest absolute Gasteiger partial charge is 0.350 e. The van der Waals surface area contributed by atoms with Gasteiger partial charge < -0.3 is 9.30 Å². The van der Waals surface area contributed by atoms with E-state index < -0.39 is 17.9 Å². The molecule has 18 heavy (non-hydrogen) atoms. The molecule has 1 unspecified atom stereocenters. The molecule has 1 aromatic rings. The molecule has 0 saturated carbocycles. The number of imide groups is 1. The fraction of sp³-hybridized carbons (Fsp3) is 0.250. The lowest BCUT2D eigenvalue weighted by Crippen LogP contribution is -2.44. The van der Waals surface area contributed by atoms with Gasteiger partial charge >= 0.3 is 0 Å². The van der Waals surface area contributed by atoms with Crippen LogP contribution in [0.25, 0.3) is 12.3 Å². The van der Waals surface area contributed by atoms with Crippen LogP contribution in [0.3, 0.4) is 0 Å². The molecule has 1 atom stereocenters. The normalized spacial score (nSPS) is 20.2. The van der Waals surface area contributed by atoms with E-state index in [0.717, 1.165) is 5.69 Å². The maximum Gasteiger partial charge on any atom is 0.263 e. The molecule has 1 fully saturated rings. The number of ether oxygens (including phenoxy) is 1. The van der Waals surface area contributed by atoms with Crippen molar-refractivity contribution in [1.82, 2.24) is 14.9 Å². The maximum atomic E-state index is 11.7. The Hall–Kier alpha value is -2.21. The number of hydrogen-bond acceptors (Lipinski definition) is 4. The molecule has 0 aliphatic carbocycles. The van der Waals surface area contributed by atoms with Crippen LogP contribution in [0, 0.1) is 0 Å². The summed E-state index contributed by atoms with van der Waals surface area (Å²) in [6.45, 7) is 5.37. The molecule has 2 amide bonds. The zero-order valence-corrected chi connectivity index (χ0v) is 9.92. The van der Waals surface area contributed by atoms with E-state index in [1.807, 2.05) is 13.0 Å². The molecule has 1 aromatic heterocycles. The molecule has 94 valence electrons. The second-order valence-electron chi connectivity index (χ2n) is 3.70. The number of carbonyl (C=O) groups excluding carboxylic acids is 2. The van der Waals surface area contributed by atoms with Crippen molar-refractivity contribution < 1.29 is 14.3 Å². The number of aromatic nitrogens is 2. The topological polar surface area (TPSA) is 73.2 Å². The summed E-state index contributed by atoms with van der Waals surface area (Å²) in [5.74, 6) is -0.518. The molecular weight excluding hydrogens is 234 g/mol. The number of morpholine rings is 1. The number of nitrogens with zero attached hydrogens (tertiary/aromatic N) is 2. The highest BCUT2D eigenvalue weighted by Crippen LogP contribution is 2.21. The van der Waals surface area contributed by atoms with Crippen LogP contribution in [0.1, 0.15) is 24.5 Å². The van der Waals surface area contributed by atoms with E-state index in [4.69, 9.17) is 4.74 Å². The SMILES string of the molecule is C=Cc1cnc(C2OCC(=O)NC2=O)n1/C=C\C. The number of allylic oxidation sites excluding steroid dienone is 1. The maximum absolute atomic E-state index is 11.7. The molecule has 2 rings (SSSR count). The van der Waals surface area contributed by atoms with Crippen LogP contribution in [-0.2, 0) is 14.3 Å². The van der Waals surface area contributed by atoms with E-state index in [2.05, 4.69) is 16.9 Å². The van der Waals surface area contributed by atoms with Crippen molar-refractivity contribution in [2.24, 2.45) is 0 Å². The number of imidazole rings is 1. The van der Waals surface area contributed by atoms with Gasteiger partial charge in [0.15, 0.2) is 11.9 Å². The summed E-state index contributed by atoms with van der Waals surface area (Å²) in [5.41, 5.74) is 0.747. The van der Waals surface area contributed by atoms with Gasteiger partial charge in [-0.25, -0.2) is 4.98 Å². The Bertz CT molecular complexity index is 531. The molecule has 0 spiro atoms. The Kier molecular flexibility index (Phi) is 3.38. The summed E-state index contributed by atoms with van der Waals surface area (Å²) in [6, 6.07) is 0. The van der Waals surface area contributed by atoms with Crippen LogP contribution in [0.5, 0.6) is 0 Å². The van der Waals surface area contributed by atoms with Crippen molar-refractivity contribution in [3.05, 3.63) is 30.4 Å². The predicted molar refractivity (Wildman–Crippen MR) is 65.2 cm³/mol. The zero-order valence-electron chi connectivity index (χ0n) is 9.92. The zero-order chi connectivity index (χ0) is 13.1. The minimum absolute atomic E-state index is 0.150. The van der Waals surface area contributed by atoms with Crippen molar-refractivity contribution in [3.8, 4) is 0 Å². The Morgan fingerprint density at radius 3 is 3.00 bits per heavy atom. The summed E-state index contributed by atoms with van der Waals surface area (Å²) in [6.07, 6.45) is 5.90. The summed E-state index contributed by atoms with van der Waals surface area (Å²) < 4.78 is 6.92. The van der Waals surface area contributed by atoms with Crippen molar-refractivity contribution in [2.75, 3.05) is 6.61 Å².